The Labute approximate surface area is 139 Å². The van der Waals surface area contributed by atoms with Crippen molar-refractivity contribution in [3.05, 3.63) is 58.1 Å². The zero-order chi connectivity index (χ0) is 16.1. The fourth-order valence-corrected chi connectivity index (χ4v) is 2.43. The Hall–Kier alpha value is -1.81. The van der Waals surface area contributed by atoms with Gasteiger partial charge >= 0.3 is 0 Å². The summed E-state index contributed by atoms with van der Waals surface area (Å²) in [5, 5.41) is 2.89. The Bertz CT molecular complexity index is 653. The molecule has 0 radical (unpaired) electrons. The normalized spacial score (nSPS) is 11.8. The van der Waals surface area contributed by atoms with Gasteiger partial charge < -0.3 is 10.1 Å². The largest absolute Gasteiger partial charge is 0.480 e. The third-order valence-electron chi connectivity index (χ3n) is 3.37. The number of anilines is 1. The van der Waals surface area contributed by atoms with Gasteiger partial charge in [-0.25, -0.2) is 0 Å². The van der Waals surface area contributed by atoms with Crippen LogP contribution in [0.2, 0.25) is 0 Å². The third kappa shape index (κ3) is 4.34. The lowest BCUT2D eigenvalue weighted by Gasteiger charge is -2.19. The van der Waals surface area contributed by atoms with Crippen LogP contribution in [0.15, 0.2) is 46.9 Å². The molecule has 1 amide bonds. The van der Waals surface area contributed by atoms with Gasteiger partial charge in [-0.1, -0.05) is 40.5 Å². The van der Waals surface area contributed by atoms with Crippen LogP contribution in [-0.4, -0.2) is 12.0 Å². The molecular formula is C18H20BrNO2. The van der Waals surface area contributed by atoms with Crippen molar-refractivity contribution in [2.75, 3.05) is 5.32 Å². The number of carbonyl (C=O) groups excluding carboxylic acids is 1. The fraction of sp³-hybridized carbons (Fsp3) is 0.278. The van der Waals surface area contributed by atoms with E-state index < -0.39 is 6.10 Å². The van der Waals surface area contributed by atoms with Crippen LogP contribution < -0.4 is 10.1 Å². The number of amides is 1. The van der Waals surface area contributed by atoms with E-state index in [1.54, 1.807) is 0 Å². The summed E-state index contributed by atoms with van der Waals surface area (Å²) in [6, 6.07) is 13.4. The molecule has 3 nitrogen and oxygen atoms in total. The molecule has 0 aliphatic heterocycles. The van der Waals surface area contributed by atoms with Crippen LogP contribution in [0.1, 0.15) is 24.5 Å². The van der Waals surface area contributed by atoms with Gasteiger partial charge in [0.1, 0.15) is 5.75 Å². The van der Waals surface area contributed by atoms with E-state index >= 15 is 0 Å². The van der Waals surface area contributed by atoms with Gasteiger partial charge in [0.2, 0.25) is 0 Å². The topological polar surface area (TPSA) is 38.3 Å². The van der Waals surface area contributed by atoms with Crippen molar-refractivity contribution in [1.82, 2.24) is 0 Å². The van der Waals surface area contributed by atoms with E-state index in [9.17, 15) is 4.79 Å². The average Bonchev–Trinajstić information content (AvgIpc) is 2.49. The number of benzene rings is 2. The van der Waals surface area contributed by atoms with E-state index in [1.807, 2.05) is 57.2 Å². The monoisotopic (exact) mass is 361 g/mol. The minimum Gasteiger partial charge on any atom is -0.480 e. The molecule has 1 atom stereocenters. The standard InChI is InChI=1S/C18H20BrNO2/c1-4-16(22-17-10-5-12(2)11-13(17)3)18(21)20-15-8-6-14(19)7-9-15/h5-11,16H,4H2,1-3H3,(H,20,21)/t16-/m1/s1. The molecule has 0 saturated heterocycles. The number of rotatable bonds is 5. The summed E-state index contributed by atoms with van der Waals surface area (Å²) in [6.07, 6.45) is 0.0976. The first kappa shape index (κ1) is 16.6. The highest BCUT2D eigenvalue weighted by molar-refractivity contribution is 9.10. The van der Waals surface area contributed by atoms with Gasteiger partial charge in [0, 0.05) is 10.2 Å². The van der Waals surface area contributed by atoms with E-state index in [2.05, 4.69) is 27.3 Å². The van der Waals surface area contributed by atoms with Crippen molar-refractivity contribution in [3.63, 3.8) is 0 Å². The molecule has 116 valence electrons. The lowest BCUT2D eigenvalue weighted by atomic mass is 10.1. The van der Waals surface area contributed by atoms with Gasteiger partial charge in [-0.05, 0) is 56.2 Å². The molecule has 1 N–H and O–H groups in total. The summed E-state index contributed by atoms with van der Waals surface area (Å²) < 4.78 is 6.86. The van der Waals surface area contributed by atoms with E-state index in [0.717, 1.165) is 21.5 Å². The van der Waals surface area contributed by atoms with Crippen LogP contribution in [-0.2, 0) is 4.79 Å². The Morgan fingerprint density at radius 2 is 1.86 bits per heavy atom. The Kier molecular flexibility index (Phi) is 5.61. The van der Waals surface area contributed by atoms with Crippen molar-refractivity contribution in [3.8, 4) is 5.75 Å². The molecule has 4 heteroatoms. The SMILES string of the molecule is CC[C@@H](Oc1ccc(C)cc1C)C(=O)Nc1ccc(Br)cc1. The first-order chi connectivity index (χ1) is 10.5. The van der Waals surface area contributed by atoms with Crippen molar-refractivity contribution in [2.45, 2.75) is 33.3 Å². The lowest BCUT2D eigenvalue weighted by Crippen LogP contribution is -2.32. The summed E-state index contributed by atoms with van der Waals surface area (Å²) in [5.41, 5.74) is 2.97. The van der Waals surface area contributed by atoms with E-state index in [-0.39, 0.29) is 5.91 Å². The second kappa shape index (κ2) is 7.45. The summed E-state index contributed by atoms with van der Waals surface area (Å²) in [6.45, 7) is 5.96. The molecule has 2 aromatic carbocycles. The van der Waals surface area contributed by atoms with Crippen LogP contribution in [0.3, 0.4) is 0 Å². The van der Waals surface area contributed by atoms with Gasteiger partial charge in [-0.2, -0.15) is 0 Å². The van der Waals surface area contributed by atoms with Gasteiger partial charge in [0.25, 0.3) is 5.91 Å². The van der Waals surface area contributed by atoms with Crippen molar-refractivity contribution in [2.24, 2.45) is 0 Å². The number of carbonyl (C=O) groups is 1. The second-order valence-corrected chi connectivity index (χ2v) is 6.20. The van der Waals surface area contributed by atoms with Crippen molar-refractivity contribution in [1.29, 1.82) is 0 Å². The zero-order valence-corrected chi connectivity index (χ0v) is 14.6. The van der Waals surface area contributed by atoms with E-state index in [0.29, 0.717) is 6.42 Å². The van der Waals surface area contributed by atoms with Crippen LogP contribution in [0.25, 0.3) is 0 Å². The predicted molar refractivity (Wildman–Crippen MR) is 93.4 cm³/mol. The first-order valence-corrected chi connectivity index (χ1v) is 8.09. The molecule has 0 aromatic heterocycles. The van der Waals surface area contributed by atoms with Gasteiger partial charge in [0.15, 0.2) is 6.10 Å². The van der Waals surface area contributed by atoms with E-state index in [4.69, 9.17) is 4.74 Å². The Morgan fingerprint density at radius 1 is 1.18 bits per heavy atom. The Balaban J connectivity index is 2.07. The molecule has 2 rings (SSSR count). The summed E-state index contributed by atoms with van der Waals surface area (Å²) in [4.78, 5) is 12.4. The maximum atomic E-state index is 12.4. The number of aryl methyl sites for hydroxylation is 2. The first-order valence-electron chi connectivity index (χ1n) is 7.30. The summed E-state index contributed by atoms with van der Waals surface area (Å²) >= 11 is 3.37. The number of hydrogen-bond donors (Lipinski definition) is 1. The number of nitrogens with one attached hydrogen (secondary N) is 1. The minimum absolute atomic E-state index is 0.134. The molecular weight excluding hydrogens is 342 g/mol. The van der Waals surface area contributed by atoms with Gasteiger partial charge in [-0.3, -0.25) is 4.79 Å². The number of ether oxygens (including phenoxy) is 1. The highest BCUT2D eigenvalue weighted by atomic mass is 79.9. The second-order valence-electron chi connectivity index (χ2n) is 5.28. The highest BCUT2D eigenvalue weighted by Crippen LogP contribution is 2.21. The average molecular weight is 362 g/mol. The minimum atomic E-state index is -0.509. The lowest BCUT2D eigenvalue weighted by molar-refractivity contribution is -0.122. The van der Waals surface area contributed by atoms with E-state index in [1.165, 1.54) is 5.56 Å². The smallest absolute Gasteiger partial charge is 0.265 e. The Morgan fingerprint density at radius 3 is 2.45 bits per heavy atom. The molecule has 2 aromatic rings. The third-order valence-corrected chi connectivity index (χ3v) is 3.90. The summed E-state index contributed by atoms with van der Waals surface area (Å²) in [7, 11) is 0. The number of halogens is 1. The fourth-order valence-electron chi connectivity index (χ4n) is 2.16. The van der Waals surface area contributed by atoms with Crippen molar-refractivity contribution >= 4 is 27.5 Å². The molecule has 22 heavy (non-hydrogen) atoms. The van der Waals surface area contributed by atoms with Gasteiger partial charge in [0.05, 0.1) is 0 Å². The molecule has 0 spiro atoms. The quantitative estimate of drug-likeness (QED) is 0.825. The number of hydrogen-bond acceptors (Lipinski definition) is 2. The predicted octanol–water partition coefficient (Wildman–Crippen LogP) is 4.86. The highest BCUT2D eigenvalue weighted by Gasteiger charge is 2.19. The maximum Gasteiger partial charge on any atom is 0.265 e. The van der Waals surface area contributed by atoms with Crippen LogP contribution in [0, 0.1) is 13.8 Å². The summed E-state index contributed by atoms with van der Waals surface area (Å²) in [5.74, 6) is 0.619. The molecule has 0 aliphatic rings. The van der Waals surface area contributed by atoms with Crippen molar-refractivity contribution < 1.29 is 9.53 Å². The molecule has 0 bridgehead atoms. The maximum absolute atomic E-state index is 12.4. The zero-order valence-electron chi connectivity index (χ0n) is 13.0. The molecule has 0 heterocycles. The molecule has 0 unspecified atom stereocenters. The van der Waals surface area contributed by atoms with Crippen LogP contribution >= 0.6 is 15.9 Å². The van der Waals surface area contributed by atoms with Crippen LogP contribution in [0.5, 0.6) is 5.75 Å². The molecule has 0 fully saturated rings. The molecule has 0 saturated carbocycles. The van der Waals surface area contributed by atoms with Gasteiger partial charge in [-0.15, -0.1) is 0 Å². The van der Waals surface area contributed by atoms with Crippen LogP contribution in [0.4, 0.5) is 5.69 Å². The molecule has 0 aliphatic carbocycles.